The molecule has 2 rings (SSSR count). The third-order valence-electron chi connectivity index (χ3n) is 2.67. The van der Waals surface area contributed by atoms with Crippen molar-refractivity contribution in [3.05, 3.63) is 57.8 Å². The molecule has 0 aromatic heterocycles. The van der Waals surface area contributed by atoms with E-state index in [9.17, 15) is 12.8 Å². The number of benzene rings is 2. The number of nitrogens with two attached hydrogens (primary N) is 1. The van der Waals surface area contributed by atoms with Gasteiger partial charge in [-0.25, -0.2) is 17.5 Å². The molecule has 0 fully saturated rings. The summed E-state index contributed by atoms with van der Waals surface area (Å²) in [5, 5.41) is -0.127. The first-order valence-electron chi connectivity index (χ1n) is 5.78. The Balaban J connectivity index is 2.25. The van der Waals surface area contributed by atoms with Gasteiger partial charge < -0.3 is 5.73 Å². The SMILES string of the molecule is Nc1cc(Cl)c(S(=O)(=O)NCc2ccc(F)cc2)c(Cl)c1. The molecule has 0 unspecified atom stereocenters. The number of nitrogens with one attached hydrogen (secondary N) is 1. The molecule has 0 aliphatic heterocycles. The van der Waals surface area contributed by atoms with E-state index >= 15 is 0 Å². The van der Waals surface area contributed by atoms with Gasteiger partial charge in [0.25, 0.3) is 0 Å². The Morgan fingerprint density at radius 3 is 2.14 bits per heavy atom. The first-order valence-corrected chi connectivity index (χ1v) is 8.02. The lowest BCUT2D eigenvalue weighted by atomic mass is 10.2. The number of hydrogen-bond donors (Lipinski definition) is 2. The molecule has 2 aromatic rings. The molecule has 0 amide bonds. The van der Waals surface area contributed by atoms with Crippen LogP contribution in [0.5, 0.6) is 0 Å². The fourth-order valence-electron chi connectivity index (χ4n) is 1.69. The van der Waals surface area contributed by atoms with E-state index < -0.39 is 15.8 Å². The minimum absolute atomic E-state index is 0.0142. The molecule has 0 bridgehead atoms. The fourth-order valence-corrected chi connectivity index (χ4v) is 3.93. The molecule has 0 saturated heterocycles. The predicted octanol–water partition coefficient (Wildman–Crippen LogP) is 3.19. The van der Waals surface area contributed by atoms with E-state index in [0.717, 1.165) is 0 Å². The van der Waals surface area contributed by atoms with Gasteiger partial charge in [-0.05, 0) is 29.8 Å². The minimum atomic E-state index is -3.91. The summed E-state index contributed by atoms with van der Waals surface area (Å²) in [6, 6.07) is 8.05. The summed E-state index contributed by atoms with van der Waals surface area (Å²) in [7, 11) is -3.91. The fraction of sp³-hybridized carbons (Fsp3) is 0.0769. The summed E-state index contributed by atoms with van der Waals surface area (Å²) in [6.07, 6.45) is 0. The van der Waals surface area contributed by atoms with Gasteiger partial charge in [0.1, 0.15) is 10.7 Å². The molecule has 21 heavy (non-hydrogen) atoms. The van der Waals surface area contributed by atoms with Gasteiger partial charge in [-0.1, -0.05) is 35.3 Å². The van der Waals surface area contributed by atoms with Crippen LogP contribution in [0.3, 0.4) is 0 Å². The van der Waals surface area contributed by atoms with Crippen LogP contribution in [0.15, 0.2) is 41.3 Å². The number of anilines is 1. The Labute approximate surface area is 131 Å². The van der Waals surface area contributed by atoms with E-state index in [1.54, 1.807) is 0 Å². The zero-order chi connectivity index (χ0) is 15.6. The van der Waals surface area contributed by atoms with Crippen molar-refractivity contribution in [2.45, 2.75) is 11.4 Å². The zero-order valence-electron chi connectivity index (χ0n) is 10.6. The van der Waals surface area contributed by atoms with Crippen molar-refractivity contribution in [2.24, 2.45) is 0 Å². The molecule has 2 aromatic carbocycles. The average Bonchev–Trinajstić information content (AvgIpc) is 2.36. The molecular formula is C13H11Cl2FN2O2S. The standard InChI is InChI=1S/C13H11Cl2FN2O2S/c14-11-5-10(17)6-12(15)13(11)21(19,20)18-7-8-1-3-9(16)4-2-8/h1-6,18H,7,17H2. The normalized spacial score (nSPS) is 11.6. The van der Waals surface area contributed by atoms with Gasteiger partial charge in [0.2, 0.25) is 10.0 Å². The molecule has 0 atom stereocenters. The molecule has 3 N–H and O–H groups in total. The molecule has 0 radical (unpaired) electrons. The van der Waals surface area contributed by atoms with Crippen LogP contribution in [0.1, 0.15) is 5.56 Å². The molecule has 0 aliphatic rings. The Kier molecular flexibility index (Phi) is 4.73. The van der Waals surface area contributed by atoms with Crippen molar-refractivity contribution in [3.8, 4) is 0 Å². The first-order chi connectivity index (χ1) is 9.79. The molecule has 4 nitrogen and oxygen atoms in total. The topological polar surface area (TPSA) is 72.2 Å². The summed E-state index contributed by atoms with van der Waals surface area (Å²) < 4.78 is 39.6. The summed E-state index contributed by atoms with van der Waals surface area (Å²) in [6.45, 7) is -0.0142. The summed E-state index contributed by atoms with van der Waals surface area (Å²) in [4.78, 5) is -0.234. The van der Waals surface area contributed by atoms with Gasteiger partial charge in [-0.3, -0.25) is 0 Å². The van der Waals surface area contributed by atoms with Gasteiger partial charge in [0, 0.05) is 12.2 Å². The lowest BCUT2D eigenvalue weighted by Gasteiger charge is -2.11. The van der Waals surface area contributed by atoms with E-state index in [1.165, 1.54) is 36.4 Å². The van der Waals surface area contributed by atoms with Crippen LogP contribution in [0.4, 0.5) is 10.1 Å². The van der Waals surface area contributed by atoms with Crippen LogP contribution in [0, 0.1) is 5.82 Å². The number of halogens is 3. The molecule has 0 aliphatic carbocycles. The number of hydrogen-bond acceptors (Lipinski definition) is 3. The number of nitrogen functional groups attached to an aromatic ring is 1. The summed E-state index contributed by atoms with van der Waals surface area (Å²) in [5.74, 6) is -0.397. The largest absolute Gasteiger partial charge is 0.399 e. The van der Waals surface area contributed by atoms with Gasteiger partial charge in [0.15, 0.2) is 0 Å². The van der Waals surface area contributed by atoms with Gasteiger partial charge in [-0.2, -0.15) is 0 Å². The van der Waals surface area contributed by atoms with Crippen molar-refractivity contribution in [2.75, 3.05) is 5.73 Å². The number of rotatable bonds is 4. The van der Waals surface area contributed by atoms with Crippen LogP contribution in [-0.4, -0.2) is 8.42 Å². The van der Waals surface area contributed by atoms with Crippen LogP contribution in [0.2, 0.25) is 10.0 Å². The summed E-state index contributed by atoms with van der Waals surface area (Å²) >= 11 is 11.8. The molecule has 0 spiro atoms. The van der Waals surface area contributed by atoms with Crippen LogP contribution in [0.25, 0.3) is 0 Å². The Morgan fingerprint density at radius 2 is 1.62 bits per heavy atom. The second-order valence-corrected chi connectivity index (χ2v) is 6.78. The summed E-state index contributed by atoms with van der Waals surface area (Å²) in [5.41, 5.74) is 6.40. The third-order valence-corrected chi connectivity index (χ3v) is 4.99. The maximum absolute atomic E-state index is 12.8. The second kappa shape index (κ2) is 6.19. The van der Waals surface area contributed by atoms with Crippen molar-refractivity contribution in [3.63, 3.8) is 0 Å². The highest BCUT2D eigenvalue weighted by Gasteiger charge is 2.22. The monoisotopic (exact) mass is 348 g/mol. The minimum Gasteiger partial charge on any atom is -0.399 e. The van der Waals surface area contributed by atoms with Gasteiger partial charge >= 0.3 is 0 Å². The molecular weight excluding hydrogens is 338 g/mol. The third kappa shape index (κ3) is 3.85. The lowest BCUT2D eigenvalue weighted by molar-refractivity contribution is 0.581. The highest BCUT2D eigenvalue weighted by molar-refractivity contribution is 7.89. The van der Waals surface area contributed by atoms with Crippen LogP contribution < -0.4 is 10.5 Å². The molecule has 0 saturated carbocycles. The van der Waals surface area contributed by atoms with Crippen LogP contribution >= 0.6 is 23.2 Å². The Hall–Kier alpha value is -1.34. The quantitative estimate of drug-likeness (QED) is 0.833. The molecule has 0 heterocycles. The first kappa shape index (κ1) is 16.0. The lowest BCUT2D eigenvalue weighted by Crippen LogP contribution is -2.24. The number of sulfonamides is 1. The van der Waals surface area contributed by atoms with Gasteiger partial charge in [0.05, 0.1) is 10.0 Å². The molecule has 112 valence electrons. The van der Waals surface area contributed by atoms with E-state index in [4.69, 9.17) is 28.9 Å². The maximum Gasteiger partial charge on any atom is 0.243 e. The smallest absolute Gasteiger partial charge is 0.243 e. The molecule has 8 heteroatoms. The van der Waals surface area contributed by atoms with E-state index in [-0.39, 0.29) is 27.2 Å². The highest BCUT2D eigenvalue weighted by atomic mass is 35.5. The highest BCUT2D eigenvalue weighted by Crippen LogP contribution is 2.31. The van der Waals surface area contributed by atoms with E-state index in [1.807, 2.05) is 0 Å². The average molecular weight is 349 g/mol. The van der Waals surface area contributed by atoms with Crippen molar-refractivity contribution < 1.29 is 12.8 Å². The van der Waals surface area contributed by atoms with Crippen molar-refractivity contribution >= 4 is 38.9 Å². The zero-order valence-corrected chi connectivity index (χ0v) is 12.9. The van der Waals surface area contributed by atoms with Crippen molar-refractivity contribution in [1.29, 1.82) is 0 Å². The van der Waals surface area contributed by atoms with E-state index in [2.05, 4.69) is 4.72 Å². The second-order valence-electron chi connectivity index (χ2n) is 4.26. The Morgan fingerprint density at radius 1 is 1.10 bits per heavy atom. The van der Waals surface area contributed by atoms with E-state index in [0.29, 0.717) is 5.56 Å². The van der Waals surface area contributed by atoms with Crippen molar-refractivity contribution in [1.82, 2.24) is 4.72 Å². The van der Waals surface area contributed by atoms with Gasteiger partial charge in [-0.15, -0.1) is 0 Å². The predicted molar refractivity (Wildman–Crippen MR) is 81.3 cm³/mol. The van der Waals surface area contributed by atoms with Crippen LogP contribution in [-0.2, 0) is 16.6 Å². The Bertz CT molecular complexity index is 741. The maximum atomic E-state index is 12.8.